The van der Waals surface area contributed by atoms with Crippen molar-refractivity contribution in [3.8, 4) is 33.8 Å². The number of thioether (sulfide) groups is 1. The van der Waals surface area contributed by atoms with Crippen LogP contribution in [-0.2, 0) is 20.2 Å². The summed E-state index contributed by atoms with van der Waals surface area (Å²) in [5.41, 5.74) is -11.1. The zero-order valence-corrected chi connectivity index (χ0v) is 37.9. The smallest absolute Gasteiger partial charge is 0.423 e. The Morgan fingerprint density at radius 2 is 0.871 bits per heavy atom. The number of alkyl halides is 6. The summed E-state index contributed by atoms with van der Waals surface area (Å²) in [5, 5.41) is 24.7. The summed E-state index contributed by atoms with van der Waals surface area (Å²) in [6.45, 7) is 0. The van der Waals surface area contributed by atoms with Crippen molar-refractivity contribution in [2.75, 3.05) is 0 Å². The van der Waals surface area contributed by atoms with Crippen molar-refractivity contribution in [1.29, 1.82) is 0 Å². The monoisotopic (exact) mass is 1110 g/mol. The van der Waals surface area contributed by atoms with Gasteiger partial charge >= 0.3 is 38.4 Å². The highest BCUT2D eigenvalue weighted by Crippen LogP contribution is 2.53. The van der Waals surface area contributed by atoms with Crippen molar-refractivity contribution in [3.05, 3.63) is 134 Å². The van der Waals surface area contributed by atoms with E-state index in [-0.39, 0.29) is 21.2 Å². The molecule has 0 spiro atoms. The van der Waals surface area contributed by atoms with Crippen molar-refractivity contribution in [2.24, 2.45) is 0 Å². The minimum Gasteiger partial charge on any atom is -0.423 e. The predicted octanol–water partition coefficient (Wildman–Crippen LogP) is 12.3. The highest BCUT2D eigenvalue weighted by molar-refractivity contribution is 8.01. The average Bonchev–Trinajstić information content (AvgIpc) is 4.11. The molecule has 0 amide bonds. The lowest BCUT2D eigenvalue weighted by atomic mass is 9.80. The molecule has 0 unspecified atom stereocenters. The lowest BCUT2D eigenvalue weighted by molar-refractivity contribution is -0.0505. The first-order chi connectivity index (χ1) is 32.5. The molecular formula is C40H15BF15O8S6+. The van der Waals surface area contributed by atoms with Crippen molar-refractivity contribution < 1.29 is 101 Å². The summed E-state index contributed by atoms with van der Waals surface area (Å²) < 4.78 is 250. The lowest BCUT2D eigenvalue weighted by Crippen LogP contribution is -2.30. The molecule has 30 heteroatoms. The zero-order valence-electron chi connectivity index (χ0n) is 33.0. The van der Waals surface area contributed by atoms with Crippen molar-refractivity contribution in [3.63, 3.8) is 0 Å². The van der Waals surface area contributed by atoms with Gasteiger partial charge in [0.2, 0.25) is 0 Å². The Kier molecular flexibility index (Phi) is 14.3. The van der Waals surface area contributed by atoms with Gasteiger partial charge in [0.1, 0.15) is 21.9 Å². The Hall–Kier alpha value is -5.59. The van der Waals surface area contributed by atoms with E-state index in [0.717, 1.165) is 36.4 Å². The number of hydrogen-bond donors (Lipinski definition) is 2. The molecule has 0 saturated heterocycles. The molecule has 70 heavy (non-hydrogen) atoms. The maximum atomic E-state index is 13.9. The summed E-state index contributed by atoms with van der Waals surface area (Å²) in [5.74, 6) is -14.5. The second kappa shape index (κ2) is 19.2. The average molecular weight is 1110 g/mol. The second-order valence-electron chi connectivity index (χ2n) is 13.7. The Bertz CT molecular complexity index is 3420. The fraction of sp³-hybridized carbons (Fsp3) is 0.0500. The van der Waals surface area contributed by atoms with Crippen LogP contribution in [0.2, 0.25) is 0 Å². The largest absolute Gasteiger partial charge is 0.534 e. The van der Waals surface area contributed by atoms with Gasteiger partial charge in [-0.1, -0.05) is 0 Å². The van der Waals surface area contributed by atoms with Crippen molar-refractivity contribution in [1.82, 2.24) is 0 Å². The molecular weight excluding hydrogens is 1100 g/mol. The van der Waals surface area contributed by atoms with Gasteiger partial charge in [-0.15, -0.1) is 34.0 Å². The van der Waals surface area contributed by atoms with Gasteiger partial charge in [-0.2, -0.15) is 43.2 Å². The highest BCUT2D eigenvalue weighted by Gasteiger charge is 2.52. The Balaban J connectivity index is 0.000000168. The molecule has 0 aliphatic carbocycles. The van der Waals surface area contributed by atoms with Crippen LogP contribution in [0, 0.1) is 57.8 Å². The number of halogens is 15. The van der Waals surface area contributed by atoms with E-state index in [4.69, 9.17) is 10.0 Å². The van der Waals surface area contributed by atoms with Crippen molar-refractivity contribution in [2.45, 2.75) is 15.9 Å². The molecule has 4 heterocycles. The van der Waals surface area contributed by atoms with Crippen LogP contribution in [0.1, 0.15) is 5.56 Å². The summed E-state index contributed by atoms with van der Waals surface area (Å²) in [4.78, 5) is -0.397. The van der Waals surface area contributed by atoms with Gasteiger partial charge in [0, 0.05) is 36.7 Å². The summed E-state index contributed by atoms with van der Waals surface area (Å²) in [6.07, 6.45) is 0.938. The van der Waals surface area contributed by atoms with Crippen LogP contribution >= 0.6 is 45.8 Å². The third-order valence-electron chi connectivity index (χ3n) is 9.30. The Morgan fingerprint density at radius 3 is 1.26 bits per heavy atom. The van der Waals surface area contributed by atoms with Gasteiger partial charge in [0.15, 0.2) is 74.6 Å². The van der Waals surface area contributed by atoms with E-state index in [1.807, 2.05) is 0 Å². The Morgan fingerprint density at radius 1 is 0.514 bits per heavy atom. The van der Waals surface area contributed by atoms with E-state index in [2.05, 4.69) is 13.8 Å². The molecule has 1 aliphatic heterocycles. The number of hydrogen-bond acceptors (Lipinski definition) is 12. The van der Waals surface area contributed by atoms with Gasteiger partial charge in [0.05, 0.1) is 0 Å². The molecule has 0 atom stereocenters. The third-order valence-corrected chi connectivity index (χ3v) is 14.8. The number of thiophene rings is 3. The summed E-state index contributed by atoms with van der Waals surface area (Å²) >= 11 is 3.64. The maximum Gasteiger partial charge on any atom is 0.534 e. The van der Waals surface area contributed by atoms with Crippen LogP contribution in [-0.4, -0.2) is 45.0 Å². The predicted molar refractivity (Wildman–Crippen MR) is 231 cm³/mol. The number of fused-ring (bicyclic) bond motifs is 4. The number of benzene rings is 5. The summed E-state index contributed by atoms with van der Waals surface area (Å²) in [6, 6.07) is 9.18. The van der Waals surface area contributed by atoms with Crippen LogP contribution in [0.4, 0.5) is 65.9 Å². The maximum absolute atomic E-state index is 13.9. The summed E-state index contributed by atoms with van der Waals surface area (Å²) in [7, 11) is -14.2. The van der Waals surface area contributed by atoms with Gasteiger partial charge in [0.25, 0.3) is 5.75 Å². The van der Waals surface area contributed by atoms with Crippen LogP contribution in [0.15, 0.2) is 75.6 Å². The molecule has 8 aromatic rings. The van der Waals surface area contributed by atoms with E-state index in [1.165, 1.54) is 28.1 Å². The highest BCUT2D eigenvalue weighted by atomic mass is 32.2. The van der Waals surface area contributed by atoms with E-state index in [9.17, 15) is 82.7 Å². The third kappa shape index (κ3) is 9.87. The van der Waals surface area contributed by atoms with Gasteiger partial charge in [-0.3, -0.25) is 0 Å². The minimum absolute atomic E-state index is 0.144. The van der Waals surface area contributed by atoms with E-state index in [1.54, 1.807) is 22.9 Å². The minimum atomic E-state index is -6.10. The van der Waals surface area contributed by atoms with E-state index >= 15 is 0 Å². The zero-order chi connectivity index (χ0) is 51.6. The molecule has 366 valence electrons. The first-order valence-electron chi connectivity index (χ1n) is 18.1. The molecule has 0 bridgehead atoms. The van der Waals surface area contributed by atoms with Crippen LogP contribution in [0.5, 0.6) is 11.5 Å². The fourth-order valence-corrected chi connectivity index (χ4v) is 11.1. The molecule has 2 N–H and O–H groups in total. The molecule has 1 aliphatic rings. The normalized spacial score (nSPS) is 12.6. The molecule has 3 aromatic heterocycles. The molecule has 8 nitrogen and oxygen atoms in total. The van der Waals surface area contributed by atoms with Crippen LogP contribution < -0.4 is 13.8 Å². The SMILES string of the molecule is Fc1cc(-c2c3ccsc3c(-c3cc(F)c(F)c(F)c3)c3ccsc23)cc(F)c1F.O=S(=O)(Oc1c2c(c(OS(=O)(=O)C(F)(F)F)c3sccc13)C=[C+]S2)C(F)(F)F.OB(O)c1cc(F)c(F)c(F)c1. The quantitative estimate of drug-likeness (QED) is 0.0400. The van der Waals surface area contributed by atoms with E-state index in [0.29, 0.717) is 66.5 Å². The van der Waals surface area contributed by atoms with Gasteiger partial charge in [-0.05, 0) is 87.3 Å². The standard InChI is InChI=1S/C22H8F6S2.C12H3F6O6S4.C6H4BF3O2/c23-13-5-9(6-14(24)19(13)27)17-11-1-3-29-21(11)18(12-2-4-30-22(12)17)10-7-15(25)20(28)16(26)8-10;13-11(14,15)27(19,20)23-7-5-1-3-25-9(5)8(6-2-4-26-10(6)7)24-28(21,22)12(16,17)18;8-4-1-3(7(11)12)2-5(9)6(4)10/h1-8H;1-3H;1-2,11-12H/q;+1;. The molecule has 0 saturated carbocycles. The lowest BCUT2D eigenvalue weighted by Gasteiger charge is -2.13. The van der Waals surface area contributed by atoms with Crippen LogP contribution in [0.3, 0.4) is 0 Å². The number of rotatable bonds is 7. The van der Waals surface area contributed by atoms with Crippen molar-refractivity contribution >= 4 is 115 Å². The molecule has 0 fully saturated rings. The van der Waals surface area contributed by atoms with Gasteiger partial charge < -0.3 is 18.4 Å². The molecule has 5 aromatic carbocycles. The molecule has 9 rings (SSSR count). The second-order valence-corrected chi connectivity index (χ2v) is 20.3. The first kappa shape index (κ1) is 52.2. The van der Waals surface area contributed by atoms with Crippen LogP contribution in [0.25, 0.3) is 58.6 Å². The Labute approximate surface area is 397 Å². The molecule has 0 radical (unpaired) electrons. The van der Waals surface area contributed by atoms with E-state index < -0.39 is 118 Å². The topological polar surface area (TPSA) is 127 Å². The van der Waals surface area contributed by atoms with Gasteiger partial charge in [-0.25, -0.2) is 39.5 Å². The fourth-order valence-electron chi connectivity index (χ4n) is 6.33. The first-order valence-corrected chi connectivity index (χ1v) is 24.4.